The zero-order valence-electron chi connectivity index (χ0n) is 14.5. The fraction of sp³-hybridized carbons (Fsp3) is 0.381. The lowest BCUT2D eigenvalue weighted by Crippen LogP contribution is -2.40. The summed E-state index contributed by atoms with van der Waals surface area (Å²) in [5.41, 5.74) is 3.12. The maximum Gasteiger partial charge on any atom is 0.310 e. The molecule has 138 valence electrons. The number of ether oxygens (including phenoxy) is 1. The second kappa shape index (κ2) is 6.44. The number of pyridine rings is 1. The third-order valence-electron chi connectivity index (χ3n) is 6.20. The second-order valence-electron chi connectivity index (χ2n) is 7.68. The van der Waals surface area contributed by atoms with Crippen LogP contribution in [0.1, 0.15) is 17.5 Å². The summed E-state index contributed by atoms with van der Waals surface area (Å²) < 4.78 is 5.48. The molecular weight excluding hydrogens is 408 g/mol. The summed E-state index contributed by atoms with van der Waals surface area (Å²) in [5.74, 6) is -0.506. The number of nitrogens with zero attached hydrogens (tertiary/aromatic N) is 1. The highest BCUT2D eigenvalue weighted by Crippen LogP contribution is 2.60. The van der Waals surface area contributed by atoms with Gasteiger partial charge in [0, 0.05) is 24.0 Å². The Balaban J connectivity index is 1.28. The molecule has 1 aliphatic heterocycles. The van der Waals surface area contributed by atoms with Crippen molar-refractivity contribution in [1.29, 1.82) is 0 Å². The number of carbonyl (C=O) groups is 2. The first kappa shape index (κ1) is 16.9. The van der Waals surface area contributed by atoms with Crippen molar-refractivity contribution in [2.75, 3.05) is 5.32 Å². The van der Waals surface area contributed by atoms with E-state index in [1.807, 2.05) is 36.4 Å². The summed E-state index contributed by atoms with van der Waals surface area (Å²) in [6.07, 6.45) is 5.23. The Hall–Kier alpha value is -2.21. The summed E-state index contributed by atoms with van der Waals surface area (Å²) >= 11 is 3.65. The van der Waals surface area contributed by atoms with Crippen molar-refractivity contribution < 1.29 is 14.3 Å². The predicted molar refractivity (Wildman–Crippen MR) is 103 cm³/mol. The van der Waals surface area contributed by atoms with Gasteiger partial charge in [-0.15, -0.1) is 0 Å². The minimum absolute atomic E-state index is 0.0518. The van der Waals surface area contributed by atoms with Crippen molar-refractivity contribution >= 4 is 33.5 Å². The highest BCUT2D eigenvalue weighted by molar-refractivity contribution is 9.09. The first-order chi connectivity index (χ1) is 13.1. The van der Waals surface area contributed by atoms with Crippen molar-refractivity contribution in [3.8, 4) is 0 Å². The van der Waals surface area contributed by atoms with Gasteiger partial charge in [0.05, 0.1) is 16.7 Å². The van der Waals surface area contributed by atoms with Crippen molar-refractivity contribution in [3.63, 3.8) is 0 Å². The summed E-state index contributed by atoms with van der Waals surface area (Å²) in [4.78, 5) is 29.2. The summed E-state index contributed by atoms with van der Waals surface area (Å²) in [6, 6.07) is 11.9. The van der Waals surface area contributed by atoms with Gasteiger partial charge in [-0.3, -0.25) is 14.6 Å². The zero-order chi connectivity index (χ0) is 18.5. The summed E-state index contributed by atoms with van der Waals surface area (Å²) in [5, 5.41) is 3.01. The molecule has 5 rings (SSSR count). The molecule has 5 nitrogen and oxygen atoms in total. The first-order valence-corrected chi connectivity index (χ1v) is 10.2. The van der Waals surface area contributed by atoms with Crippen molar-refractivity contribution in [3.05, 3.63) is 59.9 Å². The zero-order valence-corrected chi connectivity index (χ0v) is 16.1. The molecule has 0 unspecified atom stereocenters. The van der Waals surface area contributed by atoms with Crippen LogP contribution < -0.4 is 5.32 Å². The molecule has 6 atom stereocenters. The smallest absolute Gasteiger partial charge is 0.310 e. The average Bonchev–Trinajstić information content (AvgIpc) is 3.28. The summed E-state index contributed by atoms with van der Waals surface area (Å²) in [6.45, 7) is 0. The topological polar surface area (TPSA) is 68.3 Å². The number of anilines is 1. The normalized spacial score (nSPS) is 33.1. The number of esters is 1. The Labute approximate surface area is 165 Å². The van der Waals surface area contributed by atoms with E-state index in [2.05, 4.69) is 26.2 Å². The van der Waals surface area contributed by atoms with E-state index < -0.39 is 0 Å². The lowest BCUT2D eigenvalue weighted by molar-refractivity contribution is -0.145. The molecule has 6 heteroatoms. The van der Waals surface area contributed by atoms with Gasteiger partial charge in [0.15, 0.2) is 0 Å². The first-order valence-electron chi connectivity index (χ1n) is 9.25. The van der Waals surface area contributed by atoms with Crippen LogP contribution in [0.15, 0.2) is 48.8 Å². The van der Waals surface area contributed by atoms with E-state index >= 15 is 0 Å². The minimum atomic E-state index is -0.304. The number of aromatic nitrogens is 1. The highest BCUT2D eigenvalue weighted by Gasteiger charge is 2.67. The Morgan fingerprint density at radius 2 is 1.81 bits per heavy atom. The number of rotatable bonds is 4. The van der Waals surface area contributed by atoms with Crippen LogP contribution in [0.4, 0.5) is 5.69 Å². The van der Waals surface area contributed by atoms with E-state index in [-0.39, 0.29) is 46.5 Å². The maximum absolute atomic E-state index is 12.9. The van der Waals surface area contributed by atoms with E-state index in [9.17, 15) is 9.59 Å². The molecular formula is C21H19BrN2O3. The predicted octanol–water partition coefficient (Wildman–Crippen LogP) is 3.18. The number of benzene rings is 1. The van der Waals surface area contributed by atoms with Crippen LogP contribution in [0.2, 0.25) is 0 Å². The number of carbonyl (C=O) groups excluding carboxylic acids is 2. The van der Waals surface area contributed by atoms with Crippen LogP contribution in [-0.4, -0.2) is 27.8 Å². The van der Waals surface area contributed by atoms with Gasteiger partial charge in [-0.2, -0.15) is 0 Å². The molecule has 2 bridgehead atoms. The number of hydrogen-bond acceptors (Lipinski definition) is 4. The Kier molecular flexibility index (Phi) is 4.04. The van der Waals surface area contributed by atoms with Crippen LogP contribution in [0.3, 0.4) is 0 Å². The van der Waals surface area contributed by atoms with Crippen LogP contribution >= 0.6 is 15.9 Å². The van der Waals surface area contributed by atoms with Gasteiger partial charge in [-0.25, -0.2) is 0 Å². The molecule has 2 aliphatic carbocycles. The highest BCUT2D eigenvalue weighted by atomic mass is 79.9. The molecule has 3 fully saturated rings. The lowest BCUT2D eigenvalue weighted by Gasteiger charge is -2.27. The Bertz CT molecular complexity index is 886. The molecule has 27 heavy (non-hydrogen) atoms. The van der Waals surface area contributed by atoms with E-state index in [0.717, 1.165) is 18.5 Å². The minimum Gasteiger partial charge on any atom is -0.461 e. The molecule has 1 amide bonds. The van der Waals surface area contributed by atoms with Crippen molar-refractivity contribution in [2.45, 2.75) is 23.8 Å². The van der Waals surface area contributed by atoms with Gasteiger partial charge in [0.25, 0.3) is 0 Å². The number of amides is 1. The molecule has 1 aromatic carbocycles. The summed E-state index contributed by atoms with van der Waals surface area (Å²) in [7, 11) is 0. The quantitative estimate of drug-likeness (QED) is 0.601. The fourth-order valence-electron chi connectivity index (χ4n) is 5.00. The molecule has 2 aromatic rings. The molecule has 1 aromatic heterocycles. The number of alkyl halides is 1. The standard InChI is InChI=1S/C21H19BrN2O3/c22-18-14-10-15-17(21(26)27-19(15)18)16(14)20(25)24-13-3-1-11(2-4-13)9-12-5-7-23-8-6-12/h1-8,14-19H,9-10H2,(H,24,25)/t14-,15-,16+,17+,18-,19+/m1/s1. The Morgan fingerprint density at radius 1 is 1.11 bits per heavy atom. The third kappa shape index (κ3) is 2.78. The van der Waals surface area contributed by atoms with Crippen molar-refractivity contribution in [1.82, 2.24) is 4.98 Å². The molecule has 2 saturated carbocycles. The number of hydrogen-bond donors (Lipinski definition) is 1. The van der Waals surface area contributed by atoms with Crippen LogP contribution in [0, 0.1) is 23.7 Å². The molecule has 1 N–H and O–H groups in total. The van der Waals surface area contributed by atoms with Crippen molar-refractivity contribution in [2.24, 2.45) is 23.7 Å². The largest absolute Gasteiger partial charge is 0.461 e. The second-order valence-corrected chi connectivity index (χ2v) is 8.74. The van der Waals surface area contributed by atoms with E-state index in [0.29, 0.717) is 0 Å². The SMILES string of the molecule is O=C(Nc1ccc(Cc2ccncc2)cc1)[C@H]1[C@H]2C[C@H]3[C@H](OC(=O)[C@@H]31)[C@@H]2Br. The van der Waals surface area contributed by atoms with Gasteiger partial charge >= 0.3 is 5.97 Å². The number of halogens is 1. The molecule has 0 spiro atoms. The fourth-order valence-corrected chi connectivity index (χ4v) is 6.04. The van der Waals surface area contributed by atoms with E-state index in [1.165, 1.54) is 11.1 Å². The average molecular weight is 427 g/mol. The third-order valence-corrected chi connectivity index (χ3v) is 7.40. The number of nitrogens with one attached hydrogen (secondary N) is 1. The maximum atomic E-state index is 12.9. The Morgan fingerprint density at radius 3 is 2.56 bits per heavy atom. The van der Waals surface area contributed by atoms with Crippen LogP contribution in [0.25, 0.3) is 0 Å². The van der Waals surface area contributed by atoms with Crippen LogP contribution in [-0.2, 0) is 20.7 Å². The molecule has 1 saturated heterocycles. The van der Waals surface area contributed by atoms with Gasteiger partial charge in [0.1, 0.15) is 6.10 Å². The van der Waals surface area contributed by atoms with Crippen LogP contribution in [0.5, 0.6) is 0 Å². The van der Waals surface area contributed by atoms with Gasteiger partial charge in [-0.1, -0.05) is 28.1 Å². The van der Waals surface area contributed by atoms with E-state index in [4.69, 9.17) is 4.74 Å². The van der Waals surface area contributed by atoms with Gasteiger partial charge < -0.3 is 10.1 Å². The number of fused-ring (bicyclic) bond motifs is 1. The lowest BCUT2D eigenvalue weighted by atomic mass is 9.79. The monoisotopic (exact) mass is 426 g/mol. The molecule has 2 heterocycles. The van der Waals surface area contributed by atoms with Gasteiger partial charge in [-0.05, 0) is 54.2 Å². The van der Waals surface area contributed by atoms with E-state index in [1.54, 1.807) is 12.4 Å². The molecule has 0 radical (unpaired) electrons. The molecule has 3 aliphatic rings. The van der Waals surface area contributed by atoms with Gasteiger partial charge in [0.2, 0.25) is 5.91 Å².